The predicted molar refractivity (Wildman–Crippen MR) is 216 cm³/mol. The van der Waals surface area contributed by atoms with Crippen molar-refractivity contribution >= 4 is 35.1 Å². The fourth-order valence-electron chi connectivity index (χ4n) is 8.39. The van der Waals surface area contributed by atoms with E-state index in [1.807, 2.05) is 0 Å². The van der Waals surface area contributed by atoms with Crippen LogP contribution in [0.15, 0.2) is 72.8 Å². The van der Waals surface area contributed by atoms with E-state index in [1.54, 1.807) is 24.3 Å². The molecule has 0 aromatic heterocycles. The number of alkyl halides is 6. The lowest BCUT2D eigenvalue weighted by Crippen LogP contribution is -2.33. The summed E-state index contributed by atoms with van der Waals surface area (Å²) in [5, 5.41) is 20.4. The molecule has 14 heteroatoms. The van der Waals surface area contributed by atoms with Gasteiger partial charge >= 0.3 is 24.3 Å². The van der Waals surface area contributed by atoms with Crippen LogP contribution in [-0.4, -0.2) is 35.4 Å². The van der Waals surface area contributed by atoms with Crippen molar-refractivity contribution in [1.82, 2.24) is 0 Å². The lowest BCUT2D eigenvalue weighted by Gasteiger charge is -2.27. The number of benzene rings is 4. The highest BCUT2D eigenvalue weighted by molar-refractivity contribution is 6.35. The smallest absolute Gasteiger partial charge is 0.416 e. The number of carboxylic acids is 2. The topological polar surface area (TPSA) is 93.1 Å². The zero-order valence-corrected chi connectivity index (χ0v) is 34.0. The number of hydrogen-bond donors (Lipinski definition) is 2. The highest BCUT2D eigenvalue weighted by atomic mass is 35.5. The average molecular weight is 878 g/mol. The molecule has 4 aliphatic rings. The highest BCUT2D eigenvalue weighted by Gasteiger charge is 2.46. The molecule has 320 valence electrons. The van der Waals surface area contributed by atoms with Gasteiger partial charge in [0.2, 0.25) is 0 Å². The van der Waals surface area contributed by atoms with Crippen molar-refractivity contribution in [3.63, 3.8) is 0 Å². The van der Waals surface area contributed by atoms with E-state index in [1.165, 1.54) is 24.3 Å². The summed E-state index contributed by atoms with van der Waals surface area (Å²) < 4.78 is 89.7. The van der Waals surface area contributed by atoms with Gasteiger partial charge in [-0.15, -0.1) is 0 Å². The van der Waals surface area contributed by atoms with Crippen LogP contribution in [0.3, 0.4) is 0 Å². The summed E-state index contributed by atoms with van der Waals surface area (Å²) in [7, 11) is 0. The van der Waals surface area contributed by atoms with Crippen LogP contribution < -0.4 is 9.47 Å². The van der Waals surface area contributed by atoms with E-state index < -0.39 is 46.2 Å². The number of carbonyl (C=O) groups is 2. The van der Waals surface area contributed by atoms with E-state index in [-0.39, 0.29) is 10.0 Å². The predicted octanol–water partition coefficient (Wildman–Crippen LogP) is 13.4. The van der Waals surface area contributed by atoms with Crippen molar-refractivity contribution in [3.8, 4) is 33.8 Å². The summed E-state index contributed by atoms with van der Waals surface area (Å²) in [5.41, 5.74) is -0.550. The van der Waals surface area contributed by atoms with Gasteiger partial charge in [-0.05, 0) is 128 Å². The van der Waals surface area contributed by atoms with E-state index in [0.29, 0.717) is 95.6 Å². The summed E-state index contributed by atoms with van der Waals surface area (Å²) >= 11 is 13.3. The Hall–Kier alpha value is -4.42. The molecule has 0 radical (unpaired) electrons. The van der Waals surface area contributed by atoms with Crippen LogP contribution >= 0.6 is 23.2 Å². The molecular weight excluding hydrogens is 833 g/mol. The number of aliphatic carboxylic acids is 2. The second-order valence-corrected chi connectivity index (χ2v) is 17.3. The van der Waals surface area contributed by atoms with Crippen LogP contribution in [0.2, 0.25) is 10.0 Å². The maximum atomic E-state index is 13.0. The van der Waals surface area contributed by atoms with E-state index in [4.69, 9.17) is 32.7 Å². The van der Waals surface area contributed by atoms with E-state index in [0.717, 1.165) is 75.6 Å². The second kappa shape index (κ2) is 17.2. The van der Waals surface area contributed by atoms with Gasteiger partial charge in [0.05, 0.1) is 45.2 Å². The fraction of sp³-hybridized carbons (Fsp3) is 0.435. The molecule has 0 spiro atoms. The van der Waals surface area contributed by atoms with Gasteiger partial charge < -0.3 is 19.7 Å². The Balaban J connectivity index is 0.000000181. The molecule has 0 heterocycles. The Morgan fingerprint density at radius 1 is 0.600 bits per heavy atom. The summed E-state index contributed by atoms with van der Waals surface area (Å²) in [6.07, 6.45) is 0.703. The maximum Gasteiger partial charge on any atom is 0.416 e. The standard InChI is InChI=1S/2C23H22ClF3O3/c24-20-17(22(21(28)29)11-1-2-12-22)9-10-18(30-13-14-3-4-14)19(20)15-5-7-16(8-6-15)23(25,26)27;24-18-11-17(22(21(28)29)9-1-2-10-22)12-19(30-13-14-3-4-14)20(18)15-5-7-16(8-6-15)23(25,26)27/h5-10,14H,1-4,11-13H2,(H,28,29);5-8,11-12,14H,1-4,9-10,13H2,(H,28,29). The molecule has 0 bridgehead atoms. The normalized spacial score (nSPS) is 18.4. The first kappa shape index (κ1) is 43.7. The lowest BCUT2D eigenvalue weighted by molar-refractivity contribution is -0.144. The van der Waals surface area contributed by atoms with Crippen LogP contribution in [0.1, 0.15) is 99.3 Å². The van der Waals surface area contributed by atoms with Gasteiger partial charge in [0.1, 0.15) is 11.5 Å². The third kappa shape index (κ3) is 9.25. The zero-order chi connectivity index (χ0) is 43.0. The van der Waals surface area contributed by atoms with Crippen molar-refractivity contribution in [1.29, 1.82) is 0 Å². The first-order valence-corrected chi connectivity index (χ1v) is 20.9. The summed E-state index contributed by atoms with van der Waals surface area (Å²) in [5.74, 6) is 0.0148. The van der Waals surface area contributed by atoms with Crippen LogP contribution in [-0.2, 0) is 32.8 Å². The average Bonchev–Trinajstić information content (AvgIpc) is 4.11. The largest absolute Gasteiger partial charge is 0.493 e. The Kier molecular flexibility index (Phi) is 12.5. The number of ether oxygens (including phenoxy) is 2. The summed E-state index contributed by atoms with van der Waals surface area (Å²) in [4.78, 5) is 24.3. The number of halogens is 8. The monoisotopic (exact) mass is 876 g/mol. The van der Waals surface area contributed by atoms with E-state index in [2.05, 4.69) is 0 Å². The summed E-state index contributed by atoms with van der Waals surface area (Å²) in [6.45, 7) is 0.987. The van der Waals surface area contributed by atoms with Crippen LogP contribution in [0, 0.1) is 11.8 Å². The minimum absolute atomic E-state index is 0.243. The summed E-state index contributed by atoms with van der Waals surface area (Å²) in [6, 6.07) is 16.3. The van der Waals surface area contributed by atoms with Crippen molar-refractivity contribution < 1.29 is 55.6 Å². The van der Waals surface area contributed by atoms with Crippen molar-refractivity contribution in [2.45, 2.75) is 100 Å². The van der Waals surface area contributed by atoms with Crippen molar-refractivity contribution in [2.75, 3.05) is 13.2 Å². The zero-order valence-electron chi connectivity index (χ0n) is 32.5. The maximum absolute atomic E-state index is 13.0. The molecule has 4 aromatic rings. The molecule has 0 amide bonds. The van der Waals surface area contributed by atoms with Gasteiger partial charge in [-0.2, -0.15) is 26.3 Å². The Bertz CT molecular complexity index is 2200. The third-order valence-electron chi connectivity index (χ3n) is 12.3. The molecule has 0 saturated heterocycles. The first-order valence-electron chi connectivity index (χ1n) is 20.2. The van der Waals surface area contributed by atoms with Crippen LogP contribution in [0.25, 0.3) is 22.3 Å². The minimum atomic E-state index is -4.44. The Morgan fingerprint density at radius 3 is 1.47 bits per heavy atom. The number of rotatable bonds is 12. The van der Waals surface area contributed by atoms with Gasteiger partial charge in [-0.25, -0.2) is 0 Å². The van der Waals surface area contributed by atoms with Gasteiger partial charge in [0.25, 0.3) is 0 Å². The molecule has 4 saturated carbocycles. The molecule has 4 aromatic carbocycles. The van der Waals surface area contributed by atoms with Crippen LogP contribution in [0.4, 0.5) is 26.3 Å². The minimum Gasteiger partial charge on any atom is -0.493 e. The molecule has 0 atom stereocenters. The first-order chi connectivity index (χ1) is 28.4. The molecule has 2 N–H and O–H groups in total. The fourth-order valence-corrected chi connectivity index (χ4v) is 9.15. The highest BCUT2D eigenvalue weighted by Crippen LogP contribution is 2.50. The molecule has 4 fully saturated rings. The molecular formula is C46H44Cl2F6O6. The SMILES string of the molecule is O=C(O)C1(c2cc(Cl)c(-c3ccc(C(F)(F)F)cc3)c(OCC3CC3)c2)CCCC1.O=C(O)C1(c2ccc(OCC3CC3)c(-c3ccc(C(F)(F)F)cc3)c2Cl)CCCC1. The van der Waals surface area contributed by atoms with Gasteiger partial charge in [0.15, 0.2) is 0 Å². The van der Waals surface area contributed by atoms with E-state index in [9.17, 15) is 46.1 Å². The molecule has 4 aliphatic carbocycles. The molecule has 60 heavy (non-hydrogen) atoms. The number of hydrogen-bond acceptors (Lipinski definition) is 4. The molecule has 8 rings (SSSR count). The number of carboxylic acid groups (broad SMARTS) is 2. The molecule has 6 nitrogen and oxygen atoms in total. The van der Waals surface area contributed by atoms with Crippen molar-refractivity contribution in [3.05, 3.63) is 105 Å². The lowest BCUT2D eigenvalue weighted by atomic mass is 9.78. The molecule has 0 unspecified atom stereocenters. The second-order valence-electron chi connectivity index (χ2n) is 16.5. The Labute approximate surface area is 353 Å². The van der Waals surface area contributed by atoms with Gasteiger partial charge in [0, 0.05) is 11.1 Å². The van der Waals surface area contributed by atoms with E-state index >= 15 is 0 Å². The van der Waals surface area contributed by atoms with Gasteiger partial charge in [-0.3, -0.25) is 9.59 Å². The quantitative estimate of drug-likeness (QED) is 0.138. The Morgan fingerprint density at radius 2 is 1.03 bits per heavy atom. The van der Waals surface area contributed by atoms with Gasteiger partial charge in [-0.1, -0.05) is 79.2 Å². The molecule has 0 aliphatic heterocycles. The van der Waals surface area contributed by atoms with Crippen LogP contribution in [0.5, 0.6) is 11.5 Å². The van der Waals surface area contributed by atoms with Crippen molar-refractivity contribution in [2.24, 2.45) is 11.8 Å². The third-order valence-corrected chi connectivity index (χ3v) is 13.0.